The molecular formula is C14H17ClN2O3S. The Balaban J connectivity index is 1.92. The number of rotatable bonds is 3. The Bertz CT molecular complexity index is 658. The number of carbonyl (C=O) groups excluding carboxylic acids is 1. The summed E-state index contributed by atoms with van der Waals surface area (Å²) in [6.45, 7) is 0. The number of urea groups is 1. The van der Waals surface area contributed by atoms with E-state index in [9.17, 15) is 13.2 Å². The zero-order valence-corrected chi connectivity index (χ0v) is 13.2. The van der Waals surface area contributed by atoms with Crippen LogP contribution >= 0.6 is 11.6 Å². The van der Waals surface area contributed by atoms with Crippen molar-refractivity contribution < 1.29 is 13.2 Å². The van der Waals surface area contributed by atoms with Crippen LogP contribution in [0.4, 0.5) is 4.79 Å². The van der Waals surface area contributed by atoms with Crippen LogP contribution < -0.4 is 5.32 Å². The van der Waals surface area contributed by atoms with Crippen LogP contribution in [0.25, 0.3) is 6.08 Å². The van der Waals surface area contributed by atoms with E-state index in [-0.39, 0.29) is 23.6 Å². The van der Waals surface area contributed by atoms with E-state index in [1.54, 1.807) is 19.2 Å². The summed E-state index contributed by atoms with van der Waals surface area (Å²) < 4.78 is 22.8. The Kier molecular flexibility index (Phi) is 4.90. The summed E-state index contributed by atoms with van der Waals surface area (Å²) in [6, 6.07) is 6.68. The summed E-state index contributed by atoms with van der Waals surface area (Å²) in [5, 5.41) is 3.21. The average molecular weight is 329 g/mol. The van der Waals surface area contributed by atoms with Crippen LogP contribution in [0, 0.1) is 0 Å². The smallest absolute Gasteiger partial charge is 0.321 e. The van der Waals surface area contributed by atoms with Crippen LogP contribution in [0.3, 0.4) is 0 Å². The highest BCUT2D eigenvalue weighted by Crippen LogP contribution is 2.17. The SMILES string of the molecule is CN(C(=O)N/C=C/c1ccccc1Cl)C1CCS(=O)(=O)C1. The first-order valence-electron chi connectivity index (χ1n) is 6.54. The van der Waals surface area contributed by atoms with Crippen LogP contribution in [0.5, 0.6) is 0 Å². The first kappa shape index (κ1) is 15.9. The summed E-state index contributed by atoms with van der Waals surface area (Å²) in [6.07, 6.45) is 3.68. The van der Waals surface area contributed by atoms with Crippen molar-refractivity contribution >= 4 is 33.5 Å². The topological polar surface area (TPSA) is 66.5 Å². The zero-order valence-electron chi connectivity index (χ0n) is 11.6. The minimum absolute atomic E-state index is 0.0329. The molecular weight excluding hydrogens is 312 g/mol. The fourth-order valence-electron chi connectivity index (χ4n) is 2.16. The number of carbonyl (C=O) groups is 1. The number of sulfone groups is 1. The van der Waals surface area contributed by atoms with Crippen LogP contribution in [0.2, 0.25) is 5.02 Å². The van der Waals surface area contributed by atoms with Crippen LogP contribution in [-0.2, 0) is 9.84 Å². The maximum absolute atomic E-state index is 12.0. The predicted octanol–water partition coefficient (Wildman–Crippen LogP) is 2.14. The molecule has 1 unspecified atom stereocenters. The van der Waals surface area contributed by atoms with Gasteiger partial charge in [-0.25, -0.2) is 13.2 Å². The number of benzene rings is 1. The molecule has 0 aliphatic carbocycles. The Morgan fingerprint density at radius 1 is 1.43 bits per heavy atom. The minimum atomic E-state index is -3.00. The van der Waals surface area contributed by atoms with Gasteiger partial charge in [0.05, 0.1) is 11.5 Å². The van der Waals surface area contributed by atoms with Crippen LogP contribution in [0.1, 0.15) is 12.0 Å². The standard InChI is InChI=1S/C14H17ClN2O3S/c1-17(12-7-9-21(19,20)10-12)14(18)16-8-6-11-4-2-3-5-13(11)15/h2-6,8,12H,7,9-10H2,1H3,(H,16,18)/b8-6+. The first-order valence-corrected chi connectivity index (χ1v) is 8.74. The summed E-state index contributed by atoms with van der Waals surface area (Å²) in [7, 11) is -1.40. The van der Waals surface area contributed by atoms with Gasteiger partial charge in [0.2, 0.25) is 0 Å². The Labute approximate surface area is 129 Å². The molecule has 7 heteroatoms. The molecule has 114 valence electrons. The molecule has 1 aromatic rings. The van der Waals surface area contributed by atoms with Crippen molar-refractivity contribution in [3.8, 4) is 0 Å². The van der Waals surface area contributed by atoms with Crippen molar-refractivity contribution in [2.45, 2.75) is 12.5 Å². The molecule has 0 aromatic heterocycles. The van der Waals surface area contributed by atoms with Crippen LogP contribution in [-0.4, -0.2) is 43.9 Å². The molecule has 1 atom stereocenters. The molecule has 1 heterocycles. The molecule has 2 rings (SSSR count). The third-order valence-corrected chi connectivity index (χ3v) is 5.55. The Morgan fingerprint density at radius 3 is 2.76 bits per heavy atom. The van der Waals surface area contributed by atoms with Crippen LogP contribution in [0.15, 0.2) is 30.5 Å². The van der Waals surface area contributed by atoms with E-state index in [2.05, 4.69) is 5.32 Å². The lowest BCUT2D eigenvalue weighted by atomic mass is 10.2. The van der Waals surface area contributed by atoms with Gasteiger partial charge in [-0.15, -0.1) is 0 Å². The minimum Gasteiger partial charge on any atom is -0.324 e. The molecule has 1 aliphatic rings. The Morgan fingerprint density at radius 2 is 2.14 bits per heavy atom. The van der Waals surface area contributed by atoms with E-state index < -0.39 is 9.84 Å². The number of hydrogen-bond acceptors (Lipinski definition) is 3. The van der Waals surface area contributed by atoms with E-state index in [0.29, 0.717) is 11.4 Å². The molecule has 1 N–H and O–H groups in total. The van der Waals surface area contributed by atoms with E-state index in [1.165, 1.54) is 11.1 Å². The van der Waals surface area contributed by atoms with Gasteiger partial charge in [-0.3, -0.25) is 0 Å². The fraction of sp³-hybridized carbons (Fsp3) is 0.357. The second-order valence-electron chi connectivity index (χ2n) is 4.97. The number of hydrogen-bond donors (Lipinski definition) is 1. The number of nitrogens with zero attached hydrogens (tertiary/aromatic N) is 1. The lowest BCUT2D eigenvalue weighted by Crippen LogP contribution is -2.42. The first-order chi connectivity index (χ1) is 9.89. The lowest BCUT2D eigenvalue weighted by Gasteiger charge is -2.22. The van der Waals surface area contributed by atoms with Gasteiger partial charge in [-0.1, -0.05) is 29.8 Å². The fourth-order valence-corrected chi connectivity index (χ4v) is 4.13. The molecule has 0 bridgehead atoms. The third kappa shape index (κ3) is 4.22. The van der Waals surface area contributed by atoms with Gasteiger partial charge >= 0.3 is 6.03 Å². The molecule has 2 amide bonds. The number of amides is 2. The zero-order chi connectivity index (χ0) is 15.5. The Hall–Kier alpha value is -1.53. The molecule has 1 saturated heterocycles. The predicted molar refractivity (Wildman–Crippen MR) is 83.8 cm³/mol. The average Bonchev–Trinajstić information content (AvgIpc) is 2.80. The van der Waals surface area contributed by atoms with E-state index >= 15 is 0 Å². The van der Waals surface area contributed by atoms with E-state index in [1.807, 2.05) is 18.2 Å². The highest BCUT2D eigenvalue weighted by Gasteiger charge is 2.32. The van der Waals surface area contributed by atoms with Crippen molar-refractivity contribution in [1.29, 1.82) is 0 Å². The quantitative estimate of drug-likeness (QED) is 0.924. The number of nitrogens with one attached hydrogen (secondary N) is 1. The molecule has 1 aromatic carbocycles. The summed E-state index contributed by atoms with van der Waals surface area (Å²) >= 11 is 6.00. The van der Waals surface area contributed by atoms with Crippen molar-refractivity contribution in [1.82, 2.24) is 10.2 Å². The molecule has 1 aliphatic heterocycles. The molecule has 0 spiro atoms. The van der Waals surface area contributed by atoms with E-state index in [4.69, 9.17) is 11.6 Å². The van der Waals surface area contributed by atoms with Gasteiger partial charge in [0.15, 0.2) is 9.84 Å². The van der Waals surface area contributed by atoms with Gasteiger partial charge in [0, 0.05) is 24.3 Å². The molecule has 0 saturated carbocycles. The molecule has 5 nitrogen and oxygen atoms in total. The number of halogens is 1. The molecule has 1 fully saturated rings. The third-order valence-electron chi connectivity index (χ3n) is 3.45. The van der Waals surface area contributed by atoms with Gasteiger partial charge in [-0.05, 0) is 24.1 Å². The van der Waals surface area contributed by atoms with E-state index in [0.717, 1.165) is 5.56 Å². The van der Waals surface area contributed by atoms with Gasteiger partial charge in [0.25, 0.3) is 0 Å². The summed E-state index contributed by atoms with van der Waals surface area (Å²) in [4.78, 5) is 13.4. The van der Waals surface area contributed by atoms with Crippen molar-refractivity contribution in [2.24, 2.45) is 0 Å². The largest absolute Gasteiger partial charge is 0.324 e. The van der Waals surface area contributed by atoms with Gasteiger partial charge in [0.1, 0.15) is 0 Å². The maximum atomic E-state index is 12.0. The van der Waals surface area contributed by atoms with Crippen molar-refractivity contribution in [3.63, 3.8) is 0 Å². The second kappa shape index (κ2) is 6.49. The summed E-state index contributed by atoms with van der Waals surface area (Å²) in [5.74, 6) is 0.176. The van der Waals surface area contributed by atoms with Gasteiger partial charge < -0.3 is 10.2 Å². The lowest BCUT2D eigenvalue weighted by molar-refractivity contribution is 0.199. The highest BCUT2D eigenvalue weighted by molar-refractivity contribution is 7.91. The van der Waals surface area contributed by atoms with Gasteiger partial charge in [-0.2, -0.15) is 0 Å². The van der Waals surface area contributed by atoms with Crippen molar-refractivity contribution in [3.05, 3.63) is 41.1 Å². The maximum Gasteiger partial charge on any atom is 0.321 e. The van der Waals surface area contributed by atoms with Crippen molar-refractivity contribution in [2.75, 3.05) is 18.6 Å². The monoisotopic (exact) mass is 328 g/mol. The summed E-state index contributed by atoms with van der Waals surface area (Å²) in [5.41, 5.74) is 0.797. The highest BCUT2D eigenvalue weighted by atomic mass is 35.5. The second-order valence-corrected chi connectivity index (χ2v) is 7.61. The molecule has 21 heavy (non-hydrogen) atoms. The normalized spacial score (nSPS) is 20.6. The molecule has 0 radical (unpaired) electrons.